The fourth-order valence-electron chi connectivity index (χ4n) is 3.44. The van der Waals surface area contributed by atoms with Crippen LogP contribution in [0.3, 0.4) is 0 Å². The van der Waals surface area contributed by atoms with Crippen LogP contribution < -0.4 is 16.0 Å². The van der Waals surface area contributed by atoms with Crippen molar-refractivity contribution in [3.63, 3.8) is 0 Å². The van der Waals surface area contributed by atoms with Crippen LogP contribution in [0.5, 0.6) is 0 Å². The Bertz CT molecular complexity index is 996. The molecule has 2 aromatic carbocycles. The molecule has 29 heavy (non-hydrogen) atoms. The van der Waals surface area contributed by atoms with Gasteiger partial charge in [-0.05, 0) is 66.8 Å². The van der Waals surface area contributed by atoms with Crippen molar-refractivity contribution in [2.24, 2.45) is 5.92 Å². The van der Waals surface area contributed by atoms with Crippen LogP contribution in [0.25, 0.3) is 0 Å². The number of nitrogens with one attached hydrogen (secondary N) is 3. The molecule has 0 fully saturated rings. The van der Waals surface area contributed by atoms with E-state index in [2.05, 4.69) is 38.5 Å². The molecule has 3 rings (SSSR count). The summed E-state index contributed by atoms with van der Waals surface area (Å²) in [7, 11) is 1.55. The number of carbonyl (C=O) groups excluding carboxylic acids is 3. The molecule has 1 aliphatic carbocycles. The van der Waals surface area contributed by atoms with Crippen LogP contribution >= 0.6 is 15.9 Å². The van der Waals surface area contributed by atoms with E-state index < -0.39 is 11.7 Å². The van der Waals surface area contributed by atoms with E-state index in [-0.39, 0.29) is 11.9 Å². The summed E-state index contributed by atoms with van der Waals surface area (Å²) < 4.78 is 0.753. The van der Waals surface area contributed by atoms with E-state index in [0.717, 1.165) is 27.6 Å². The summed E-state index contributed by atoms with van der Waals surface area (Å²) in [5.74, 6) is -1.17. The summed E-state index contributed by atoms with van der Waals surface area (Å²) in [6, 6.07) is 10.5. The highest BCUT2D eigenvalue weighted by molar-refractivity contribution is 9.10. The third kappa shape index (κ3) is 4.92. The lowest BCUT2D eigenvalue weighted by atomic mass is 10.0. The summed E-state index contributed by atoms with van der Waals surface area (Å²) in [5.41, 5.74) is 4.67. The maximum atomic E-state index is 12.5. The number of carbonyl (C=O) groups is 3. The van der Waals surface area contributed by atoms with E-state index in [0.29, 0.717) is 23.4 Å². The molecule has 6 nitrogen and oxygen atoms in total. The average Bonchev–Trinajstić information content (AvgIpc) is 3.10. The minimum Gasteiger partial charge on any atom is -0.341 e. The molecule has 1 aliphatic rings. The molecule has 0 aromatic heterocycles. The first-order valence-corrected chi connectivity index (χ1v) is 9.98. The molecule has 0 heterocycles. The molecule has 0 saturated carbocycles. The SMILES string of the molecule is C=C(NC(=O)NC)C1Cc2ccc(NC(=O)C(=O)c3cc(C)cc(Br)c3)cc2C1. The molecule has 0 bridgehead atoms. The highest BCUT2D eigenvalue weighted by atomic mass is 79.9. The highest BCUT2D eigenvalue weighted by Gasteiger charge is 2.25. The number of fused-ring (bicyclic) bond motifs is 1. The monoisotopic (exact) mass is 455 g/mol. The Morgan fingerprint density at radius 2 is 1.79 bits per heavy atom. The van der Waals surface area contributed by atoms with Crippen molar-refractivity contribution in [2.75, 3.05) is 12.4 Å². The fraction of sp³-hybridized carbons (Fsp3) is 0.227. The maximum absolute atomic E-state index is 12.5. The topological polar surface area (TPSA) is 87.3 Å². The van der Waals surface area contributed by atoms with Crippen molar-refractivity contribution in [2.45, 2.75) is 19.8 Å². The minimum absolute atomic E-state index is 0.0968. The summed E-state index contributed by atoms with van der Waals surface area (Å²) in [5, 5.41) is 7.93. The number of aryl methyl sites for hydroxylation is 1. The number of allylic oxidation sites excluding steroid dienone is 1. The number of rotatable bonds is 5. The normalized spacial score (nSPS) is 14.7. The van der Waals surface area contributed by atoms with Gasteiger partial charge in [-0.25, -0.2) is 4.79 Å². The number of hydrogen-bond donors (Lipinski definition) is 3. The van der Waals surface area contributed by atoms with E-state index in [1.54, 1.807) is 25.2 Å². The van der Waals surface area contributed by atoms with E-state index in [1.165, 1.54) is 0 Å². The molecule has 0 radical (unpaired) electrons. The standard InChI is InChI=1S/C22H22BrN3O3/c1-12-6-17(10-18(23)7-12)20(27)21(28)26-19-5-4-14-8-15(9-16(14)11-19)13(2)25-22(29)24-3/h4-7,10-11,15H,2,8-9H2,1,3H3,(H,26,28)(H2,24,25,29). The van der Waals surface area contributed by atoms with Gasteiger partial charge < -0.3 is 16.0 Å². The summed E-state index contributed by atoms with van der Waals surface area (Å²) in [6.45, 7) is 5.82. The molecule has 2 aromatic rings. The van der Waals surface area contributed by atoms with Crippen LogP contribution in [-0.4, -0.2) is 24.8 Å². The van der Waals surface area contributed by atoms with Gasteiger partial charge in [-0.1, -0.05) is 28.6 Å². The lowest BCUT2D eigenvalue weighted by Crippen LogP contribution is -2.34. The van der Waals surface area contributed by atoms with Gasteiger partial charge in [-0.2, -0.15) is 0 Å². The Morgan fingerprint density at radius 1 is 1.07 bits per heavy atom. The van der Waals surface area contributed by atoms with Crippen LogP contribution in [0.15, 0.2) is 53.1 Å². The third-order valence-corrected chi connectivity index (χ3v) is 5.36. The van der Waals surface area contributed by atoms with Crippen molar-refractivity contribution >= 4 is 39.3 Å². The Balaban J connectivity index is 1.68. The zero-order valence-electron chi connectivity index (χ0n) is 16.3. The first-order valence-electron chi connectivity index (χ1n) is 9.19. The van der Waals surface area contributed by atoms with Crippen molar-refractivity contribution in [3.05, 3.63) is 75.4 Å². The van der Waals surface area contributed by atoms with Gasteiger partial charge in [-0.15, -0.1) is 0 Å². The van der Waals surface area contributed by atoms with Crippen LogP contribution in [0.4, 0.5) is 10.5 Å². The quantitative estimate of drug-likeness (QED) is 0.473. The van der Waals surface area contributed by atoms with Crippen molar-refractivity contribution in [3.8, 4) is 0 Å². The first-order chi connectivity index (χ1) is 13.8. The molecule has 3 N–H and O–H groups in total. The fourth-order valence-corrected chi connectivity index (χ4v) is 4.05. The van der Waals surface area contributed by atoms with E-state index in [1.807, 2.05) is 25.1 Å². The van der Waals surface area contributed by atoms with E-state index in [4.69, 9.17) is 0 Å². The van der Waals surface area contributed by atoms with Gasteiger partial charge in [0.05, 0.1) is 0 Å². The van der Waals surface area contributed by atoms with Crippen LogP contribution in [0, 0.1) is 12.8 Å². The lowest BCUT2D eigenvalue weighted by Gasteiger charge is -2.13. The number of urea groups is 1. The second-order valence-corrected chi connectivity index (χ2v) is 8.03. The number of Topliss-reactive ketones (excluding diaryl/α,β-unsaturated/α-hetero) is 1. The van der Waals surface area contributed by atoms with Crippen LogP contribution in [0.1, 0.15) is 27.0 Å². The summed E-state index contributed by atoms with van der Waals surface area (Å²) in [4.78, 5) is 36.4. The minimum atomic E-state index is -0.678. The molecule has 7 heteroatoms. The zero-order valence-corrected chi connectivity index (χ0v) is 17.9. The molecule has 1 atom stereocenters. The van der Waals surface area contributed by atoms with Gasteiger partial charge >= 0.3 is 6.03 Å². The van der Waals surface area contributed by atoms with Gasteiger partial charge in [0.2, 0.25) is 0 Å². The Morgan fingerprint density at radius 3 is 2.48 bits per heavy atom. The summed E-state index contributed by atoms with van der Waals surface area (Å²) >= 11 is 3.35. The summed E-state index contributed by atoms with van der Waals surface area (Å²) in [6.07, 6.45) is 1.48. The van der Waals surface area contributed by atoms with E-state index in [9.17, 15) is 14.4 Å². The first kappa shape index (κ1) is 20.8. The van der Waals surface area contributed by atoms with Gasteiger partial charge in [0, 0.05) is 34.4 Å². The third-order valence-electron chi connectivity index (χ3n) is 4.90. The smallest absolute Gasteiger partial charge is 0.318 e. The molecule has 0 aliphatic heterocycles. The molecule has 0 spiro atoms. The molecule has 3 amide bonds. The van der Waals surface area contributed by atoms with Crippen LogP contribution in [-0.2, 0) is 17.6 Å². The highest BCUT2D eigenvalue weighted by Crippen LogP contribution is 2.32. The van der Waals surface area contributed by atoms with Gasteiger partial charge in [0.1, 0.15) is 0 Å². The number of benzene rings is 2. The largest absolute Gasteiger partial charge is 0.341 e. The zero-order chi connectivity index (χ0) is 21.1. The predicted octanol–water partition coefficient (Wildman–Crippen LogP) is 3.74. The maximum Gasteiger partial charge on any atom is 0.318 e. The van der Waals surface area contributed by atoms with Gasteiger partial charge in [0.15, 0.2) is 0 Å². The van der Waals surface area contributed by atoms with Crippen LogP contribution in [0.2, 0.25) is 0 Å². The molecule has 0 saturated heterocycles. The lowest BCUT2D eigenvalue weighted by molar-refractivity contribution is -0.112. The molecular formula is C22H22BrN3O3. The molecule has 150 valence electrons. The van der Waals surface area contributed by atoms with Crippen molar-refractivity contribution in [1.82, 2.24) is 10.6 Å². The molecule has 1 unspecified atom stereocenters. The molecular weight excluding hydrogens is 434 g/mol. The Hall–Kier alpha value is -2.93. The number of amides is 3. The number of ketones is 1. The van der Waals surface area contributed by atoms with Crippen molar-refractivity contribution in [1.29, 1.82) is 0 Å². The van der Waals surface area contributed by atoms with Gasteiger partial charge in [-0.3, -0.25) is 9.59 Å². The van der Waals surface area contributed by atoms with Gasteiger partial charge in [0.25, 0.3) is 11.7 Å². The number of hydrogen-bond acceptors (Lipinski definition) is 3. The number of halogens is 1. The second-order valence-electron chi connectivity index (χ2n) is 7.12. The Kier molecular flexibility index (Phi) is 6.17. The second kappa shape index (κ2) is 8.61. The predicted molar refractivity (Wildman–Crippen MR) is 116 cm³/mol. The Labute approximate surface area is 177 Å². The van der Waals surface area contributed by atoms with E-state index >= 15 is 0 Å². The average molecular weight is 456 g/mol. The van der Waals surface area contributed by atoms with Crippen molar-refractivity contribution < 1.29 is 14.4 Å². The number of anilines is 1.